The number of benzene rings is 3. The monoisotopic (exact) mass is 498 g/mol. The molecule has 0 bridgehead atoms. The van der Waals surface area contributed by atoms with Gasteiger partial charge in [0.15, 0.2) is 6.10 Å². The normalized spacial score (nSPS) is 11.7. The summed E-state index contributed by atoms with van der Waals surface area (Å²) in [7, 11) is 1.31. The molecule has 0 aliphatic heterocycles. The second-order valence-corrected chi connectivity index (χ2v) is 8.74. The second kappa shape index (κ2) is 11.6. The third kappa shape index (κ3) is 5.56. The zero-order chi connectivity index (χ0) is 26.4. The van der Waals surface area contributed by atoms with E-state index in [4.69, 9.17) is 15.2 Å². The largest absolute Gasteiger partial charge is 0.478 e. The van der Waals surface area contributed by atoms with Crippen LogP contribution in [0, 0.1) is 0 Å². The van der Waals surface area contributed by atoms with E-state index in [9.17, 15) is 14.4 Å². The number of ether oxygens (including phenoxy) is 2. The van der Waals surface area contributed by atoms with E-state index in [-0.39, 0.29) is 5.56 Å². The molecule has 0 saturated carbocycles. The van der Waals surface area contributed by atoms with Crippen LogP contribution in [0.4, 0.5) is 0 Å². The van der Waals surface area contributed by atoms with Crippen molar-refractivity contribution in [3.8, 4) is 5.75 Å². The van der Waals surface area contributed by atoms with Crippen LogP contribution in [0.25, 0.3) is 10.9 Å². The molecule has 1 heterocycles. The quantitative estimate of drug-likeness (QED) is 0.187. The van der Waals surface area contributed by atoms with E-state index in [0.29, 0.717) is 42.6 Å². The molecule has 4 aromatic rings. The molecule has 190 valence electrons. The number of rotatable bonds is 11. The summed E-state index contributed by atoms with van der Waals surface area (Å²) in [5.74, 6) is -2.03. The summed E-state index contributed by atoms with van der Waals surface area (Å²) >= 11 is 0. The van der Waals surface area contributed by atoms with Gasteiger partial charge in [0, 0.05) is 12.2 Å². The zero-order valence-corrected chi connectivity index (χ0v) is 21.0. The van der Waals surface area contributed by atoms with Crippen LogP contribution >= 0.6 is 0 Å². The Morgan fingerprint density at radius 1 is 0.892 bits per heavy atom. The van der Waals surface area contributed by atoms with Crippen molar-refractivity contribution >= 4 is 28.6 Å². The fraction of sp³-hybridized carbons (Fsp3) is 0.233. The first kappa shape index (κ1) is 25.7. The standard InChI is InChI=1S/C30H30N2O5/c1-3-22-27(28(33)29(31)34)26-23(32(22)19-21-13-8-5-9-14-21)15-10-16-24(26)37-25(30(35)36-2)18-17-20-11-6-4-7-12-20/h4-16,25H,3,17-19H2,1-2H3,(H2,31,34). The average Bonchev–Trinajstić information content (AvgIpc) is 3.24. The van der Waals surface area contributed by atoms with E-state index in [2.05, 4.69) is 0 Å². The molecule has 1 aromatic heterocycles. The number of Topliss-reactive ketones (excluding diaryl/α,β-unsaturated/α-hetero) is 1. The van der Waals surface area contributed by atoms with Gasteiger partial charge in [0.05, 0.1) is 23.6 Å². The van der Waals surface area contributed by atoms with E-state index in [1.807, 2.05) is 84.3 Å². The average molecular weight is 499 g/mol. The SMILES string of the molecule is CCc1c(C(=O)C(N)=O)c2c(OC(CCc3ccccc3)C(=O)OC)cccc2n1Cc1ccccc1. The van der Waals surface area contributed by atoms with Crippen molar-refractivity contribution in [1.29, 1.82) is 0 Å². The summed E-state index contributed by atoms with van der Waals surface area (Å²) in [6.45, 7) is 2.41. The number of esters is 1. The van der Waals surface area contributed by atoms with Crippen LogP contribution in [-0.4, -0.2) is 35.4 Å². The number of aryl methyl sites for hydroxylation is 1. The van der Waals surface area contributed by atoms with Gasteiger partial charge < -0.3 is 19.8 Å². The minimum Gasteiger partial charge on any atom is -0.478 e. The number of aromatic nitrogens is 1. The van der Waals surface area contributed by atoms with Gasteiger partial charge in [-0.2, -0.15) is 0 Å². The molecule has 1 unspecified atom stereocenters. The molecule has 0 aliphatic rings. The fourth-order valence-corrected chi connectivity index (χ4v) is 4.65. The van der Waals surface area contributed by atoms with Gasteiger partial charge in [-0.1, -0.05) is 73.7 Å². The fourth-order valence-electron chi connectivity index (χ4n) is 4.65. The number of fused-ring (bicyclic) bond motifs is 1. The van der Waals surface area contributed by atoms with Crippen molar-refractivity contribution in [1.82, 2.24) is 4.57 Å². The van der Waals surface area contributed by atoms with Crippen LogP contribution in [0.15, 0.2) is 78.9 Å². The number of carbonyl (C=O) groups is 3. The molecule has 2 N–H and O–H groups in total. The zero-order valence-electron chi connectivity index (χ0n) is 21.0. The van der Waals surface area contributed by atoms with E-state index in [1.54, 1.807) is 6.07 Å². The van der Waals surface area contributed by atoms with Crippen LogP contribution in [0.3, 0.4) is 0 Å². The van der Waals surface area contributed by atoms with Crippen LogP contribution in [-0.2, 0) is 33.7 Å². The topological polar surface area (TPSA) is 101 Å². The molecule has 0 aliphatic carbocycles. The molecule has 0 radical (unpaired) electrons. The van der Waals surface area contributed by atoms with Crippen LogP contribution in [0.1, 0.15) is 40.5 Å². The third-order valence-corrected chi connectivity index (χ3v) is 6.40. The first-order valence-electron chi connectivity index (χ1n) is 12.2. The number of amides is 1. The van der Waals surface area contributed by atoms with Crippen molar-refractivity contribution in [2.45, 2.75) is 38.8 Å². The molecule has 1 amide bonds. The minimum atomic E-state index is -1.04. The Morgan fingerprint density at radius 3 is 2.14 bits per heavy atom. The highest BCUT2D eigenvalue weighted by molar-refractivity contribution is 6.45. The van der Waals surface area contributed by atoms with Gasteiger partial charge in [-0.3, -0.25) is 9.59 Å². The molecule has 1 atom stereocenters. The number of nitrogens with zero attached hydrogens (tertiary/aromatic N) is 1. The lowest BCUT2D eigenvalue weighted by Crippen LogP contribution is -2.29. The predicted octanol–water partition coefficient (Wildman–Crippen LogP) is 4.47. The van der Waals surface area contributed by atoms with Gasteiger partial charge in [-0.25, -0.2) is 4.79 Å². The van der Waals surface area contributed by atoms with Crippen molar-refractivity contribution in [3.63, 3.8) is 0 Å². The van der Waals surface area contributed by atoms with Crippen molar-refractivity contribution in [3.05, 3.63) is 101 Å². The predicted molar refractivity (Wildman–Crippen MR) is 142 cm³/mol. The summed E-state index contributed by atoms with van der Waals surface area (Å²) in [6.07, 6.45) is 0.551. The van der Waals surface area contributed by atoms with Gasteiger partial charge in [-0.15, -0.1) is 0 Å². The summed E-state index contributed by atoms with van der Waals surface area (Å²) < 4.78 is 13.3. The maximum absolute atomic E-state index is 13.1. The number of methoxy groups -OCH3 is 1. The Balaban J connectivity index is 1.81. The van der Waals surface area contributed by atoms with Crippen molar-refractivity contribution in [2.24, 2.45) is 5.73 Å². The Labute approximate surface area is 215 Å². The molecule has 0 spiro atoms. The van der Waals surface area contributed by atoms with Crippen molar-refractivity contribution < 1.29 is 23.9 Å². The smallest absolute Gasteiger partial charge is 0.347 e. The number of primary amides is 1. The molecular formula is C30H30N2O5. The highest BCUT2D eigenvalue weighted by atomic mass is 16.6. The highest BCUT2D eigenvalue weighted by Crippen LogP contribution is 2.36. The number of ketones is 1. The lowest BCUT2D eigenvalue weighted by atomic mass is 10.0. The summed E-state index contributed by atoms with van der Waals surface area (Å²) in [4.78, 5) is 37.9. The third-order valence-electron chi connectivity index (χ3n) is 6.40. The summed E-state index contributed by atoms with van der Waals surface area (Å²) in [5, 5.41) is 0.465. The van der Waals surface area contributed by atoms with Gasteiger partial charge >= 0.3 is 5.97 Å². The number of hydrogen-bond donors (Lipinski definition) is 1. The molecule has 4 rings (SSSR count). The number of hydrogen-bond acceptors (Lipinski definition) is 5. The highest BCUT2D eigenvalue weighted by Gasteiger charge is 2.29. The second-order valence-electron chi connectivity index (χ2n) is 8.74. The first-order valence-corrected chi connectivity index (χ1v) is 12.2. The maximum Gasteiger partial charge on any atom is 0.347 e. The van der Waals surface area contributed by atoms with Crippen LogP contribution in [0.5, 0.6) is 5.75 Å². The lowest BCUT2D eigenvalue weighted by molar-refractivity contribution is -0.149. The van der Waals surface area contributed by atoms with Gasteiger partial charge in [-0.05, 0) is 42.5 Å². The van der Waals surface area contributed by atoms with Gasteiger partial charge in [0.2, 0.25) is 0 Å². The molecular weight excluding hydrogens is 468 g/mol. The van der Waals surface area contributed by atoms with Crippen molar-refractivity contribution in [2.75, 3.05) is 7.11 Å². The minimum absolute atomic E-state index is 0.211. The number of carbonyl (C=O) groups excluding carboxylic acids is 3. The molecule has 3 aromatic carbocycles. The lowest BCUT2D eigenvalue weighted by Gasteiger charge is -2.18. The number of nitrogens with two attached hydrogens (primary N) is 1. The Bertz CT molecular complexity index is 1410. The first-order chi connectivity index (χ1) is 17.9. The van der Waals surface area contributed by atoms with E-state index in [1.165, 1.54) is 7.11 Å². The molecule has 37 heavy (non-hydrogen) atoms. The van der Waals surface area contributed by atoms with Crippen LogP contribution in [0.2, 0.25) is 0 Å². The molecule has 0 fully saturated rings. The van der Waals surface area contributed by atoms with E-state index >= 15 is 0 Å². The van der Waals surface area contributed by atoms with Crippen LogP contribution < -0.4 is 10.5 Å². The Kier molecular flexibility index (Phi) is 8.03. The van der Waals surface area contributed by atoms with Gasteiger partial charge in [0.1, 0.15) is 5.75 Å². The van der Waals surface area contributed by atoms with E-state index in [0.717, 1.165) is 16.6 Å². The summed E-state index contributed by atoms with van der Waals surface area (Å²) in [5.41, 5.74) is 9.17. The molecule has 7 nitrogen and oxygen atoms in total. The molecule has 0 saturated heterocycles. The Hall–Kier alpha value is -4.39. The maximum atomic E-state index is 13.1. The van der Waals surface area contributed by atoms with E-state index < -0.39 is 23.8 Å². The molecule has 7 heteroatoms. The Morgan fingerprint density at radius 2 is 1.54 bits per heavy atom. The summed E-state index contributed by atoms with van der Waals surface area (Å²) in [6, 6.07) is 25.0. The van der Waals surface area contributed by atoms with Gasteiger partial charge in [0.25, 0.3) is 11.7 Å².